The highest BCUT2D eigenvalue weighted by Gasteiger charge is 2.18. The zero-order valence-electron chi connectivity index (χ0n) is 11.4. The van der Waals surface area contributed by atoms with E-state index in [1.54, 1.807) is 12.1 Å². The first-order chi connectivity index (χ1) is 10.0. The van der Waals surface area contributed by atoms with E-state index >= 15 is 0 Å². The molecule has 0 fully saturated rings. The maximum atomic E-state index is 13.3. The van der Waals surface area contributed by atoms with E-state index in [9.17, 15) is 19.6 Å². The first-order valence-corrected chi connectivity index (χ1v) is 6.50. The van der Waals surface area contributed by atoms with Gasteiger partial charge < -0.3 is 10.4 Å². The molecule has 0 heterocycles. The third kappa shape index (κ3) is 3.47. The van der Waals surface area contributed by atoms with Crippen LogP contribution in [-0.2, 0) is 0 Å². The molecule has 2 aromatic carbocycles. The molecule has 110 valence electrons. The van der Waals surface area contributed by atoms with E-state index in [0.717, 1.165) is 6.07 Å². The monoisotopic (exact) mass is 290 g/mol. The second-order valence-corrected chi connectivity index (χ2v) is 4.62. The van der Waals surface area contributed by atoms with Gasteiger partial charge in [-0.2, -0.15) is 0 Å². The van der Waals surface area contributed by atoms with Crippen LogP contribution in [0.15, 0.2) is 42.5 Å². The van der Waals surface area contributed by atoms with Crippen molar-refractivity contribution in [3.63, 3.8) is 0 Å². The number of nitrogens with zero attached hydrogens (tertiary/aromatic N) is 1. The van der Waals surface area contributed by atoms with Crippen molar-refractivity contribution in [2.24, 2.45) is 0 Å². The molecular weight excluding hydrogens is 275 g/mol. The summed E-state index contributed by atoms with van der Waals surface area (Å²) in [4.78, 5) is 10.5. The standard InChI is InChI=1S/C15H15FN2O3/c1-2-13(10-4-3-5-11(16)8-10)17-14-7-6-12(19)9-15(14)18(20)21/h3-9,13,17,19H,2H2,1H3. The van der Waals surface area contributed by atoms with Gasteiger partial charge in [0.1, 0.15) is 17.3 Å². The Hall–Kier alpha value is -2.63. The van der Waals surface area contributed by atoms with E-state index < -0.39 is 4.92 Å². The molecule has 0 saturated heterocycles. The Morgan fingerprint density at radius 3 is 2.71 bits per heavy atom. The summed E-state index contributed by atoms with van der Waals surface area (Å²) in [6, 6.07) is 9.73. The Labute approximate surface area is 121 Å². The van der Waals surface area contributed by atoms with Crippen LogP contribution in [0.5, 0.6) is 5.75 Å². The van der Waals surface area contributed by atoms with Crippen LogP contribution < -0.4 is 5.32 Å². The molecule has 6 heteroatoms. The van der Waals surface area contributed by atoms with Gasteiger partial charge >= 0.3 is 0 Å². The fourth-order valence-corrected chi connectivity index (χ4v) is 2.13. The molecule has 0 spiro atoms. The number of anilines is 1. The van der Waals surface area contributed by atoms with Gasteiger partial charge in [-0.05, 0) is 36.2 Å². The maximum Gasteiger partial charge on any atom is 0.296 e. The third-order valence-electron chi connectivity index (χ3n) is 3.17. The molecule has 0 aliphatic heterocycles. The number of nitro groups is 1. The van der Waals surface area contributed by atoms with E-state index in [1.807, 2.05) is 6.92 Å². The minimum Gasteiger partial charge on any atom is -0.508 e. The summed E-state index contributed by atoms with van der Waals surface area (Å²) in [6.45, 7) is 1.90. The predicted octanol–water partition coefficient (Wildman–Crippen LogP) is 4.00. The maximum absolute atomic E-state index is 13.3. The number of benzene rings is 2. The molecule has 0 aliphatic carbocycles. The van der Waals surface area contributed by atoms with Gasteiger partial charge in [-0.3, -0.25) is 10.1 Å². The Balaban J connectivity index is 2.33. The molecule has 2 N–H and O–H groups in total. The van der Waals surface area contributed by atoms with Gasteiger partial charge in [0, 0.05) is 0 Å². The number of phenolic OH excluding ortho intramolecular Hbond substituents is 1. The molecule has 2 aromatic rings. The van der Waals surface area contributed by atoms with Gasteiger partial charge in [0.15, 0.2) is 0 Å². The predicted molar refractivity (Wildman–Crippen MR) is 77.8 cm³/mol. The Bertz CT molecular complexity index is 661. The number of hydrogen-bond acceptors (Lipinski definition) is 4. The Kier molecular flexibility index (Phi) is 4.37. The SMILES string of the molecule is CCC(Nc1ccc(O)cc1[N+](=O)[O-])c1cccc(F)c1. The number of nitro benzene ring substituents is 1. The van der Waals surface area contributed by atoms with Crippen molar-refractivity contribution in [3.05, 3.63) is 64.0 Å². The number of halogens is 1. The van der Waals surface area contributed by atoms with Crippen LogP contribution in [-0.4, -0.2) is 10.0 Å². The zero-order valence-corrected chi connectivity index (χ0v) is 11.4. The first kappa shape index (κ1) is 14.8. The highest BCUT2D eigenvalue weighted by molar-refractivity contribution is 5.64. The van der Waals surface area contributed by atoms with Crippen LogP contribution in [0.25, 0.3) is 0 Å². The smallest absolute Gasteiger partial charge is 0.296 e. The Morgan fingerprint density at radius 2 is 2.10 bits per heavy atom. The molecule has 21 heavy (non-hydrogen) atoms. The molecule has 0 bridgehead atoms. The van der Waals surface area contributed by atoms with Crippen LogP contribution in [0.1, 0.15) is 24.9 Å². The lowest BCUT2D eigenvalue weighted by Crippen LogP contribution is -2.11. The van der Waals surface area contributed by atoms with Crippen LogP contribution in [0.4, 0.5) is 15.8 Å². The van der Waals surface area contributed by atoms with Crippen LogP contribution >= 0.6 is 0 Å². The molecule has 5 nitrogen and oxygen atoms in total. The number of nitrogens with one attached hydrogen (secondary N) is 1. The summed E-state index contributed by atoms with van der Waals surface area (Å²) in [5.41, 5.74) is 0.777. The number of rotatable bonds is 5. The highest BCUT2D eigenvalue weighted by Crippen LogP contribution is 2.32. The Morgan fingerprint density at radius 1 is 1.33 bits per heavy atom. The van der Waals surface area contributed by atoms with E-state index in [1.165, 1.54) is 24.3 Å². The highest BCUT2D eigenvalue weighted by atomic mass is 19.1. The molecule has 1 atom stereocenters. The van der Waals surface area contributed by atoms with Crippen molar-refractivity contribution in [2.75, 3.05) is 5.32 Å². The molecule has 2 rings (SSSR count). The van der Waals surface area contributed by atoms with Gasteiger partial charge in [0.05, 0.1) is 17.0 Å². The molecule has 0 aliphatic rings. The van der Waals surface area contributed by atoms with E-state index in [2.05, 4.69) is 5.32 Å². The summed E-state index contributed by atoms with van der Waals surface area (Å²) in [5, 5.41) is 23.4. The minimum absolute atomic E-state index is 0.175. The molecule has 0 saturated carbocycles. The van der Waals surface area contributed by atoms with E-state index in [-0.39, 0.29) is 29.0 Å². The van der Waals surface area contributed by atoms with Crippen LogP contribution in [0.2, 0.25) is 0 Å². The lowest BCUT2D eigenvalue weighted by atomic mass is 10.0. The van der Waals surface area contributed by atoms with Gasteiger partial charge in [-0.15, -0.1) is 0 Å². The van der Waals surface area contributed by atoms with Gasteiger partial charge in [-0.25, -0.2) is 4.39 Å². The summed E-state index contributed by atoms with van der Waals surface area (Å²) in [5.74, 6) is -0.529. The van der Waals surface area contributed by atoms with Crippen molar-refractivity contribution in [2.45, 2.75) is 19.4 Å². The van der Waals surface area contributed by atoms with Gasteiger partial charge in [0.2, 0.25) is 0 Å². The average molecular weight is 290 g/mol. The lowest BCUT2D eigenvalue weighted by molar-refractivity contribution is -0.384. The van der Waals surface area contributed by atoms with Crippen molar-refractivity contribution < 1.29 is 14.4 Å². The van der Waals surface area contributed by atoms with Crippen LogP contribution in [0, 0.1) is 15.9 Å². The molecular formula is C15H15FN2O3. The second kappa shape index (κ2) is 6.21. The lowest BCUT2D eigenvalue weighted by Gasteiger charge is -2.19. The quantitative estimate of drug-likeness (QED) is 0.495. The van der Waals surface area contributed by atoms with Crippen LogP contribution in [0.3, 0.4) is 0 Å². The fraction of sp³-hybridized carbons (Fsp3) is 0.200. The molecule has 1 unspecified atom stereocenters. The zero-order chi connectivity index (χ0) is 15.4. The first-order valence-electron chi connectivity index (χ1n) is 6.50. The van der Waals surface area contributed by atoms with Gasteiger partial charge in [-0.1, -0.05) is 19.1 Å². The largest absolute Gasteiger partial charge is 0.508 e. The van der Waals surface area contributed by atoms with Gasteiger partial charge in [0.25, 0.3) is 5.69 Å². The third-order valence-corrected chi connectivity index (χ3v) is 3.17. The normalized spacial score (nSPS) is 11.9. The second-order valence-electron chi connectivity index (χ2n) is 4.62. The minimum atomic E-state index is -0.569. The van der Waals surface area contributed by atoms with E-state index in [4.69, 9.17) is 0 Å². The van der Waals surface area contributed by atoms with Crippen molar-refractivity contribution in [1.82, 2.24) is 0 Å². The topological polar surface area (TPSA) is 75.4 Å². The van der Waals surface area contributed by atoms with Crippen molar-refractivity contribution >= 4 is 11.4 Å². The number of phenols is 1. The van der Waals surface area contributed by atoms with E-state index in [0.29, 0.717) is 12.0 Å². The fourth-order valence-electron chi connectivity index (χ4n) is 2.13. The van der Waals surface area contributed by atoms with Crippen molar-refractivity contribution in [1.29, 1.82) is 0 Å². The summed E-state index contributed by atoms with van der Waals surface area (Å²) in [6.07, 6.45) is 0.626. The summed E-state index contributed by atoms with van der Waals surface area (Å²) in [7, 11) is 0. The van der Waals surface area contributed by atoms with Crippen molar-refractivity contribution in [3.8, 4) is 5.75 Å². The average Bonchev–Trinajstić information content (AvgIpc) is 2.45. The molecule has 0 aromatic heterocycles. The summed E-state index contributed by atoms with van der Waals surface area (Å²) < 4.78 is 13.3. The summed E-state index contributed by atoms with van der Waals surface area (Å²) >= 11 is 0. The molecule has 0 radical (unpaired) electrons. The number of aromatic hydroxyl groups is 1. The molecule has 0 amide bonds. The number of hydrogen-bond donors (Lipinski definition) is 2.